The van der Waals surface area contributed by atoms with Crippen molar-refractivity contribution < 1.29 is 14.4 Å². The first-order valence-electron chi connectivity index (χ1n) is 7.67. The molecule has 1 saturated heterocycles. The van der Waals surface area contributed by atoms with Crippen LogP contribution in [0.2, 0.25) is 0 Å². The van der Waals surface area contributed by atoms with Gasteiger partial charge in [0.1, 0.15) is 6.54 Å². The van der Waals surface area contributed by atoms with Gasteiger partial charge >= 0.3 is 0 Å². The lowest BCUT2D eigenvalue weighted by Crippen LogP contribution is -2.42. The normalized spacial score (nSPS) is 22.1. The predicted octanol–water partition coefficient (Wildman–Crippen LogP) is 1.93. The van der Waals surface area contributed by atoms with Crippen LogP contribution in [0.5, 0.6) is 0 Å². The molecule has 2 fully saturated rings. The Morgan fingerprint density at radius 2 is 2.05 bits per heavy atom. The summed E-state index contributed by atoms with van der Waals surface area (Å²) in [6.07, 6.45) is 3.81. The first-order chi connectivity index (χ1) is 10.2. The molecule has 0 aromatic rings. The van der Waals surface area contributed by atoms with Crippen LogP contribution in [0, 0.1) is 11.3 Å². The highest BCUT2D eigenvalue weighted by molar-refractivity contribution is 8.04. The van der Waals surface area contributed by atoms with Crippen LogP contribution in [-0.2, 0) is 14.4 Å². The average molecular weight is 324 g/mol. The first kappa shape index (κ1) is 17.1. The summed E-state index contributed by atoms with van der Waals surface area (Å²) in [5.74, 6) is 0.539. The molecule has 0 aromatic carbocycles. The number of amides is 2. The fourth-order valence-corrected chi connectivity index (χ4v) is 3.13. The number of rotatable bonds is 5. The van der Waals surface area contributed by atoms with Gasteiger partial charge in [0.2, 0.25) is 11.8 Å². The standard InChI is InChI=1S/C16H24N2O3S/c1-10(11-5-6-11)17-13(20)8-18-14(21)9-22-15(18)7-12(19)16(2,3)4/h7,10-11H,5-6,8-9H2,1-4H3,(H,17,20)/b15-7-/t10-/m0/s1. The molecule has 1 heterocycles. The van der Waals surface area contributed by atoms with Gasteiger partial charge in [0, 0.05) is 17.5 Å². The van der Waals surface area contributed by atoms with Crippen LogP contribution in [0.3, 0.4) is 0 Å². The summed E-state index contributed by atoms with van der Waals surface area (Å²) in [4.78, 5) is 37.6. The van der Waals surface area contributed by atoms with E-state index in [4.69, 9.17) is 0 Å². The number of hydrogen-bond donors (Lipinski definition) is 1. The highest BCUT2D eigenvalue weighted by Crippen LogP contribution is 2.33. The SMILES string of the molecule is C[C@H](NC(=O)CN1C(=O)CS/C1=C\C(=O)C(C)(C)C)C1CC1. The van der Waals surface area contributed by atoms with E-state index in [2.05, 4.69) is 5.32 Å². The van der Waals surface area contributed by atoms with Crippen LogP contribution >= 0.6 is 11.8 Å². The van der Waals surface area contributed by atoms with Crippen molar-refractivity contribution in [2.45, 2.75) is 46.6 Å². The van der Waals surface area contributed by atoms with Crippen LogP contribution < -0.4 is 5.32 Å². The molecule has 0 bridgehead atoms. The second-order valence-corrected chi connectivity index (χ2v) is 8.05. The van der Waals surface area contributed by atoms with Crippen LogP contribution in [0.1, 0.15) is 40.5 Å². The minimum atomic E-state index is -0.492. The minimum Gasteiger partial charge on any atom is -0.352 e. The van der Waals surface area contributed by atoms with E-state index in [0.29, 0.717) is 10.9 Å². The van der Waals surface area contributed by atoms with Gasteiger partial charge in [-0.1, -0.05) is 32.5 Å². The summed E-state index contributed by atoms with van der Waals surface area (Å²) in [6.45, 7) is 7.49. The van der Waals surface area contributed by atoms with Gasteiger partial charge in [0.05, 0.1) is 10.8 Å². The summed E-state index contributed by atoms with van der Waals surface area (Å²) in [7, 11) is 0. The number of hydrogen-bond acceptors (Lipinski definition) is 4. The van der Waals surface area contributed by atoms with E-state index in [-0.39, 0.29) is 35.9 Å². The van der Waals surface area contributed by atoms with E-state index in [1.54, 1.807) is 0 Å². The Hall–Kier alpha value is -1.30. The molecule has 1 saturated carbocycles. The fraction of sp³-hybridized carbons (Fsp3) is 0.688. The minimum absolute atomic E-state index is 0.00779. The highest BCUT2D eigenvalue weighted by atomic mass is 32.2. The zero-order valence-electron chi connectivity index (χ0n) is 13.6. The molecule has 2 rings (SSSR count). The summed E-state index contributed by atoms with van der Waals surface area (Å²) in [5, 5.41) is 3.52. The monoisotopic (exact) mass is 324 g/mol. The van der Waals surface area contributed by atoms with Crippen molar-refractivity contribution in [1.82, 2.24) is 10.2 Å². The molecule has 122 valence electrons. The number of allylic oxidation sites excluding steroid dienone is 1. The van der Waals surface area contributed by atoms with E-state index in [0.717, 1.165) is 12.8 Å². The zero-order chi connectivity index (χ0) is 16.5. The number of nitrogens with zero attached hydrogens (tertiary/aromatic N) is 1. The molecule has 1 aliphatic carbocycles. The van der Waals surface area contributed by atoms with Crippen LogP contribution in [0.25, 0.3) is 0 Å². The van der Waals surface area contributed by atoms with Gasteiger partial charge in [-0.2, -0.15) is 0 Å². The van der Waals surface area contributed by atoms with Crippen molar-refractivity contribution in [2.75, 3.05) is 12.3 Å². The number of carbonyl (C=O) groups is 3. The quantitative estimate of drug-likeness (QED) is 0.785. The maximum Gasteiger partial charge on any atom is 0.240 e. The lowest BCUT2D eigenvalue weighted by atomic mass is 9.91. The van der Waals surface area contributed by atoms with E-state index >= 15 is 0 Å². The van der Waals surface area contributed by atoms with Crippen LogP contribution in [0.4, 0.5) is 0 Å². The molecular weight excluding hydrogens is 300 g/mol. The molecule has 1 atom stereocenters. The summed E-state index contributed by atoms with van der Waals surface area (Å²) in [5.41, 5.74) is -0.492. The predicted molar refractivity (Wildman–Crippen MR) is 87.0 cm³/mol. The number of nitrogens with one attached hydrogen (secondary N) is 1. The average Bonchev–Trinajstić information content (AvgIpc) is 3.19. The molecule has 6 heteroatoms. The van der Waals surface area contributed by atoms with E-state index in [9.17, 15) is 14.4 Å². The molecule has 0 radical (unpaired) electrons. The Balaban J connectivity index is 2.00. The largest absolute Gasteiger partial charge is 0.352 e. The molecule has 2 amide bonds. The Kier molecular flexibility index (Phi) is 5.00. The Bertz CT molecular complexity index is 518. The van der Waals surface area contributed by atoms with Gasteiger partial charge < -0.3 is 5.32 Å². The third kappa shape index (κ3) is 4.35. The van der Waals surface area contributed by atoms with Gasteiger partial charge in [0.15, 0.2) is 5.78 Å². The van der Waals surface area contributed by atoms with Gasteiger partial charge in [-0.3, -0.25) is 19.3 Å². The van der Waals surface area contributed by atoms with Gasteiger partial charge in [-0.25, -0.2) is 0 Å². The molecule has 1 aliphatic heterocycles. The summed E-state index contributed by atoms with van der Waals surface area (Å²) < 4.78 is 0. The summed E-state index contributed by atoms with van der Waals surface area (Å²) in [6, 6.07) is 0.154. The Morgan fingerprint density at radius 1 is 1.41 bits per heavy atom. The molecular formula is C16H24N2O3S. The molecule has 2 aliphatic rings. The topological polar surface area (TPSA) is 66.5 Å². The van der Waals surface area contributed by atoms with Crippen molar-refractivity contribution >= 4 is 29.4 Å². The lowest BCUT2D eigenvalue weighted by molar-refractivity contribution is -0.131. The Morgan fingerprint density at radius 3 is 2.59 bits per heavy atom. The maximum atomic E-state index is 12.1. The lowest BCUT2D eigenvalue weighted by Gasteiger charge is -2.20. The number of carbonyl (C=O) groups excluding carboxylic acids is 3. The molecule has 1 N–H and O–H groups in total. The molecule has 0 spiro atoms. The second-order valence-electron chi connectivity index (χ2n) is 7.06. The third-order valence-electron chi connectivity index (χ3n) is 3.92. The molecule has 5 nitrogen and oxygen atoms in total. The molecule has 0 aromatic heterocycles. The maximum absolute atomic E-state index is 12.1. The van der Waals surface area contributed by atoms with E-state index < -0.39 is 5.41 Å². The third-order valence-corrected chi connectivity index (χ3v) is 4.95. The van der Waals surface area contributed by atoms with Crippen molar-refractivity contribution in [1.29, 1.82) is 0 Å². The zero-order valence-corrected chi connectivity index (χ0v) is 14.5. The van der Waals surface area contributed by atoms with Crippen LogP contribution in [-0.4, -0.2) is 40.8 Å². The Labute approximate surface area is 135 Å². The van der Waals surface area contributed by atoms with Gasteiger partial charge in [0.25, 0.3) is 0 Å². The van der Waals surface area contributed by atoms with Gasteiger partial charge in [-0.15, -0.1) is 0 Å². The highest BCUT2D eigenvalue weighted by Gasteiger charge is 2.33. The van der Waals surface area contributed by atoms with Crippen LogP contribution in [0.15, 0.2) is 11.1 Å². The summed E-state index contributed by atoms with van der Waals surface area (Å²) >= 11 is 1.32. The van der Waals surface area contributed by atoms with Crippen molar-refractivity contribution in [3.8, 4) is 0 Å². The smallest absolute Gasteiger partial charge is 0.240 e. The number of thioether (sulfide) groups is 1. The van der Waals surface area contributed by atoms with Crippen molar-refractivity contribution in [2.24, 2.45) is 11.3 Å². The van der Waals surface area contributed by atoms with E-state index in [1.165, 1.54) is 22.7 Å². The number of ketones is 1. The fourth-order valence-electron chi connectivity index (χ4n) is 2.19. The van der Waals surface area contributed by atoms with E-state index in [1.807, 2.05) is 27.7 Å². The molecule has 0 unspecified atom stereocenters. The molecule has 22 heavy (non-hydrogen) atoms. The van der Waals surface area contributed by atoms with Gasteiger partial charge in [-0.05, 0) is 25.7 Å². The van der Waals surface area contributed by atoms with Crippen molar-refractivity contribution in [3.63, 3.8) is 0 Å². The second kappa shape index (κ2) is 6.44. The first-order valence-corrected chi connectivity index (χ1v) is 8.65. The van der Waals surface area contributed by atoms with Crippen molar-refractivity contribution in [3.05, 3.63) is 11.1 Å².